The van der Waals surface area contributed by atoms with E-state index in [1.165, 1.54) is 0 Å². The van der Waals surface area contributed by atoms with Crippen LogP contribution in [0.25, 0.3) is 0 Å². The van der Waals surface area contributed by atoms with Crippen molar-refractivity contribution in [2.24, 2.45) is 5.92 Å². The van der Waals surface area contributed by atoms with Crippen molar-refractivity contribution in [1.29, 1.82) is 0 Å². The molecule has 2 atom stereocenters. The third-order valence-electron chi connectivity index (χ3n) is 3.60. The topological polar surface area (TPSA) is 29.5 Å². The summed E-state index contributed by atoms with van der Waals surface area (Å²) >= 11 is 5.85. The van der Waals surface area contributed by atoms with Crippen LogP contribution in [0.15, 0.2) is 24.3 Å². The van der Waals surface area contributed by atoms with E-state index >= 15 is 0 Å². The molecule has 0 radical (unpaired) electrons. The van der Waals surface area contributed by atoms with Crippen molar-refractivity contribution in [2.45, 2.75) is 26.3 Å². The van der Waals surface area contributed by atoms with E-state index in [0.29, 0.717) is 24.8 Å². The van der Waals surface area contributed by atoms with Crippen molar-refractivity contribution in [1.82, 2.24) is 4.90 Å². The molecule has 1 aromatic carbocycles. The Kier molecular flexibility index (Phi) is 4.70. The van der Waals surface area contributed by atoms with Gasteiger partial charge in [-0.05, 0) is 37.5 Å². The molecular formula is C15H20ClNO2. The molecule has 0 N–H and O–H groups in total. The van der Waals surface area contributed by atoms with Gasteiger partial charge in [0.15, 0.2) is 0 Å². The summed E-state index contributed by atoms with van der Waals surface area (Å²) in [5.74, 6) is 1.91. The standard InChI is InChI=1S/C15H20ClNO2/c1-3-19-14-6-4-13(5-7-14)11(2)17-10-12(9-16)8-15(17)18/h4-7,11-12H,3,8-10H2,1-2H3. The second kappa shape index (κ2) is 6.29. The van der Waals surface area contributed by atoms with E-state index < -0.39 is 0 Å². The molecule has 1 aliphatic heterocycles. The van der Waals surface area contributed by atoms with Crippen LogP contribution in [0, 0.1) is 5.92 Å². The maximum Gasteiger partial charge on any atom is 0.223 e. The highest BCUT2D eigenvalue weighted by atomic mass is 35.5. The highest BCUT2D eigenvalue weighted by molar-refractivity contribution is 6.18. The van der Waals surface area contributed by atoms with Crippen molar-refractivity contribution in [3.8, 4) is 5.75 Å². The summed E-state index contributed by atoms with van der Waals surface area (Å²) < 4.78 is 5.42. The molecule has 1 amide bonds. The number of hydrogen-bond donors (Lipinski definition) is 0. The van der Waals surface area contributed by atoms with Gasteiger partial charge in [-0.1, -0.05) is 12.1 Å². The summed E-state index contributed by atoms with van der Waals surface area (Å²) in [6, 6.07) is 8.05. The Bertz CT molecular complexity index is 432. The van der Waals surface area contributed by atoms with E-state index in [0.717, 1.165) is 17.9 Å². The molecule has 3 nitrogen and oxygen atoms in total. The Balaban J connectivity index is 2.06. The molecule has 0 spiro atoms. The second-order valence-electron chi connectivity index (χ2n) is 4.95. The summed E-state index contributed by atoms with van der Waals surface area (Å²) in [5.41, 5.74) is 1.13. The van der Waals surface area contributed by atoms with Gasteiger partial charge in [-0.15, -0.1) is 11.6 Å². The zero-order valence-corrected chi connectivity index (χ0v) is 12.2. The molecule has 0 aliphatic carbocycles. The largest absolute Gasteiger partial charge is 0.494 e. The lowest BCUT2D eigenvalue weighted by Gasteiger charge is -2.25. The van der Waals surface area contributed by atoms with E-state index in [9.17, 15) is 4.79 Å². The number of halogens is 1. The number of benzene rings is 1. The van der Waals surface area contributed by atoms with Crippen LogP contribution in [0.2, 0.25) is 0 Å². The smallest absolute Gasteiger partial charge is 0.223 e. The highest BCUT2D eigenvalue weighted by Crippen LogP contribution is 2.29. The number of ether oxygens (including phenoxy) is 1. The first-order chi connectivity index (χ1) is 9.15. The van der Waals surface area contributed by atoms with Crippen LogP contribution in [0.5, 0.6) is 5.75 Å². The first-order valence-electron chi connectivity index (χ1n) is 6.74. The monoisotopic (exact) mass is 281 g/mol. The molecule has 104 valence electrons. The third-order valence-corrected chi connectivity index (χ3v) is 4.03. The van der Waals surface area contributed by atoms with E-state index in [1.807, 2.05) is 36.1 Å². The van der Waals surface area contributed by atoms with Gasteiger partial charge in [-0.3, -0.25) is 4.79 Å². The minimum atomic E-state index is 0.0939. The van der Waals surface area contributed by atoms with E-state index in [-0.39, 0.29) is 11.9 Å². The van der Waals surface area contributed by atoms with Crippen LogP contribution >= 0.6 is 11.6 Å². The Morgan fingerprint density at radius 3 is 2.63 bits per heavy atom. The molecule has 4 heteroatoms. The molecule has 19 heavy (non-hydrogen) atoms. The fourth-order valence-electron chi connectivity index (χ4n) is 2.48. The second-order valence-corrected chi connectivity index (χ2v) is 5.26. The quantitative estimate of drug-likeness (QED) is 0.776. The van der Waals surface area contributed by atoms with Gasteiger partial charge in [0.25, 0.3) is 0 Å². The van der Waals surface area contributed by atoms with Gasteiger partial charge >= 0.3 is 0 Å². The third kappa shape index (κ3) is 3.21. The van der Waals surface area contributed by atoms with Crippen molar-refractivity contribution in [3.63, 3.8) is 0 Å². The Labute approximate surface area is 119 Å². The lowest BCUT2D eigenvalue weighted by Crippen LogP contribution is -2.28. The molecule has 0 aromatic heterocycles. The predicted octanol–water partition coefficient (Wildman–Crippen LogP) is 3.23. The molecule has 1 fully saturated rings. The van der Waals surface area contributed by atoms with Crippen LogP contribution < -0.4 is 4.74 Å². The summed E-state index contributed by atoms with van der Waals surface area (Å²) in [6.45, 7) is 5.45. The first-order valence-corrected chi connectivity index (χ1v) is 7.27. The number of amides is 1. The maximum absolute atomic E-state index is 12.0. The average Bonchev–Trinajstić information content (AvgIpc) is 2.80. The summed E-state index contributed by atoms with van der Waals surface area (Å²) in [6.07, 6.45) is 0.574. The van der Waals surface area contributed by atoms with Gasteiger partial charge in [0.1, 0.15) is 5.75 Å². The number of nitrogens with zero attached hydrogens (tertiary/aromatic N) is 1. The number of carbonyl (C=O) groups excluding carboxylic acids is 1. The first kappa shape index (κ1) is 14.2. The molecule has 1 saturated heterocycles. The van der Waals surface area contributed by atoms with E-state index in [2.05, 4.69) is 6.92 Å². The van der Waals surface area contributed by atoms with E-state index in [4.69, 9.17) is 16.3 Å². The van der Waals surface area contributed by atoms with Gasteiger partial charge in [-0.2, -0.15) is 0 Å². The summed E-state index contributed by atoms with van der Waals surface area (Å²) in [7, 11) is 0. The van der Waals surface area contributed by atoms with Crippen molar-refractivity contribution >= 4 is 17.5 Å². The van der Waals surface area contributed by atoms with Crippen LogP contribution in [0.3, 0.4) is 0 Å². The van der Waals surface area contributed by atoms with Gasteiger partial charge in [0, 0.05) is 18.8 Å². The summed E-state index contributed by atoms with van der Waals surface area (Å²) in [5, 5.41) is 0. The Hall–Kier alpha value is -1.22. The van der Waals surface area contributed by atoms with Gasteiger partial charge in [0.05, 0.1) is 12.6 Å². The molecule has 1 heterocycles. The SMILES string of the molecule is CCOc1ccc(C(C)N2CC(CCl)CC2=O)cc1. The normalized spacial score (nSPS) is 20.7. The van der Waals surface area contributed by atoms with Gasteiger partial charge < -0.3 is 9.64 Å². The predicted molar refractivity (Wildman–Crippen MR) is 76.6 cm³/mol. The van der Waals surface area contributed by atoms with Crippen LogP contribution in [-0.4, -0.2) is 29.8 Å². The molecule has 0 bridgehead atoms. The number of hydrogen-bond acceptors (Lipinski definition) is 2. The van der Waals surface area contributed by atoms with Crippen molar-refractivity contribution in [3.05, 3.63) is 29.8 Å². The van der Waals surface area contributed by atoms with Gasteiger partial charge in [-0.25, -0.2) is 0 Å². The minimum Gasteiger partial charge on any atom is -0.494 e. The fourth-order valence-corrected chi connectivity index (χ4v) is 2.68. The number of likely N-dealkylation sites (tertiary alicyclic amines) is 1. The van der Waals surface area contributed by atoms with Gasteiger partial charge in [0.2, 0.25) is 5.91 Å². The van der Waals surface area contributed by atoms with Crippen LogP contribution in [-0.2, 0) is 4.79 Å². The zero-order valence-electron chi connectivity index (χ0n) is 11.4. The minimum absolute atomic E-state index is 0.0939. The number of rotatable bonds is 5. The average molecular weight is 282 g/mol. The molecule has 2 rings (SSSR count). The molecule has 2 unspecified atom stereocenters. The van der Waals surface area contributed by atoms with Crippen LogP contribution in [0.4, 0.5) is 0 Å². The maximum atomic E-state index is 12.0. The number of alkyl halides is 1. The van der Waals surface area contributed by atoms with Crippen LogP contribution in [0.1, 0.15) is 31.9 Å². The molecular weight excluding hydrogens is 262 g/mol. The van der Waals surface area contributed by atoms with E-state index in [1.54, 1.807) is 0 Å². The highest BCUT2D eigenvalue weighted by Gasteiger charge is 2.32. The zero-order chi connectivity index (χ0) is 13.8. The Morgan fingerprint density at radius 1 is 1.42 bits per heavy atom. The molecule has 0 saturated carbocycles. The van der Waals surface area contributed by atoms with Crippen molar-refractivity contribution < 1.29 is 9.53 Å². The number of carbonyl (C=O) groups is 1. The fraction of sp³-hybridized carbons (Fsp3) is 0.533. The Morgan fingerprint density at radius 2 is 2.11 bits per heavy atom. The lowest BCUT2D eigenvalue weighted by molar-refractivity contribution is -0.129. The molecule has 1 aliphatic rings. The summed E-state index contributed by atoms with van der Waals surface area (Å²) in [4.78, 5) is 13.9. The van der Waals surface area contributed by atoms with Crippen molar-refractivity contribution in [2.75, 3.05) is 19.0 Å². The lowest BCUT2D eigenvalue weighted by atomic mass is 10.1. The molecule has 1 aromatic rings.